The van der Waals surface area contributed by atoms with Crippen LogP contribution in [0.5, 0.6) is 5.75 Å². The number of carbonyl (C=O) groups excluding carboxylic acids is 2. The van der Waals surface area contributed by atoms with Gasteiger partial charge in [0.25, 0.3) is 5.91 Å². The quantitative estimate of drug-likeness (QED) is 0.884. The highest BCUT2D eigenvalue weighted by Gasteiger charge is 2.21. The normalized spacial score (nSPS) is 11.0. The zero-order valence-corrected chi connectivity index (χ0v) is 15.2. The third-order valence-corrected chi connectivity index (χ3v) is 4.56. The van der Waals surface area contributed by atoms with E-state index in [1.54, 1.807) is 24.4 Å². The number of aromatic nitrogens is 1. The molecule has 0 spiro atoms. The molecule has 0 aliphatic rings. The molecular weight excluding hydrogens is 326 g/mol. The Morgan fingerprint density at radius 1 is 1.21 bits per heavy atom. The summed E-state index contributed by atoms with van der Waals surface area (Å²) in [5.41, 5.74) is 0.962. The highest BCUT2D eigenvalue weighted by atomic mass is 32.1. The molecule has 0 saturated heterocycles. The summed E-state index contributed by atoms with van der Waals surface area (Å²) in [6.45, 7) is 7.57. The van der Waals surface area contributed by atoms with Crippen molar-refractivity contribution in [2.24, 2.45) is 0 Å². The number of nitrogens with one attached hydrogen (secondary N) is 2. The number of thiazole rings is 1. The maximum Gasteiger partial charge on any atom is 0.267 e. The summed E-state index contributed by atoms with van der Waals surface area (Å²) in [6, 6.07) is 5.05. The number of rotatable bonds is 4. The Bertz CT molecular complexity index is 763. The molecule has 0 aliphatic carbocycles. The molecule has 1 aromatic carbocycles. The SMILES string of the molecule is COc1ccc(NC(C)=O)cc1NC(=O)c1cnc(C(C)(C)C)s1. The van der Waals surface area contributed by atoms with E-state index in [2.05, 4.69) is 15.6 Å². The van der Waals surface area contributed by atoms with Crippen LogP contribution in [0.4, 0.5) is 11.4 Å². The molecule has 0 atom stereocenters. The van der Waals surface area contributed by atoms with Gasteiger partial charge in [0.05, 0.1) is 24.0 Å². The van der Waals surface area contributed by atoms with E-state index in [0.29, 0.717) is 22.0 Å². The zero-order chi connectivity index (χ0) is 17.9. The lowest BCUT2D eigenvalue weighted by Crippen LogP contribution is -2.12. The molecule has 2 aromatic rings. The smallest absolute Gasteiger partial charge is 0.267 e. The van der Waals surface area contributed by atoms with Crippen molar-refractivity contribution in [3.8, 4) is 5.75 Å². The van der Waals surface area contributed by atoms with Crippen molar-refractivity contribution in [3.05, 3.63) is 34.3 Å². The van der Waals surface area contributed by atoms with E-state index in [9.17, 15) is 9.59 Å². The van der Waals surface area contributed by atoms with Crippen molar-refractivity contribution in [3.63, 3.8) is 0 Å². The molecule has 0 saturated carbocycles. The number of ether oxygens (including phenoxy) is 1. The minimum atomic E-state index is -0.263. The number of amides is 2. The Kier molecular flexibility index (Phi) is 5.23. The molecule has 0 fully saturated rings. The van der Waals surface area contributed by atoms with Crippen molar-refractivity contribution in [1.82, 2.24) is 4.98 Å². The van der Waals surface area contributed by atoms with Crippen LogP contribution >= 0.6 is 11.3 Å². The molecule has 128 valence electrons. The van der Waals surface area contributed by atoms with Gasteiger partial charge in [-0.25, -0.2) is 4.98 Å². The van der Waals surface area contributed by atoms with Gasteiger partial charge >= 0.3 is 0 Å². The lowest BCUT2D eigenvalue weighted by Gasteiger charge is -2.13. The van der Waals surface area contributed by atoms with Crippen LogP contribution in [-0.4, -0.2) is 23.9 Å². The minimum Gasteiger partial charge on any atom is -0.495 e. The lowest BCUT2D eigenvalue weighted by molar-refractivity contribution is -0.114. The molecule has 6 nitrogen and oxygen atoms in total. The molecule has 0 aliphatic heterocycles. The summed E-state index contributed by atoms with van der Waals surface area (Å²) >= 11 is 1.36. The van der Waals surface area contributed by atoms with E-state index in [4.69, 9.17) is 4.74 Å². The van der Waals surface area contributed by atoms with Crippen molar-refractivity contribution in [1.29, 1.82) is 0 Å². The second-order valence-corrected chi connectivity index (χ2v) is 7.36. The summed E-state index contributed by atoms with van der Waals surface area (Å²) in [5, 5.41) is 6.38. The second kappa shape index (κ2) is 7.00. The van der Waals surface area contributed by atoms with Crippen molar-refractivity contribution >= 4 is 34.5 Å². The molecule has 1 heterocycles. The van der Waals surface area contributed by atoms with Gasteiger partial charge in [-0.2, -0.15) is 0 Å². The third kappa shape index (κ3) is 4.32. The van der Waals surface area contributed by atoms with E-state index >= 15 is 0 Å². The van der Waals surface area contributed by atoms with Crippen LogP contribution in [0.2, 0.25) is 0 Å². The average molecular weight is 347 g/mol. The Morgan fingerprint density at radius 2 is 1.92 bits per heavy atom. The molecular formula is C17H21N3O3S. The molecule has 7 heteroatoms. The molecule has 2 rings (SSSR count). The largest absolute Gasteiger partial charge is 0.495 e. The summed E-state index contributed by atoms with van der Waals surface area (Å²) in [7, 11) is 1.52. The van der Waals surface area contributed by atoms with Crippen LogP contribution < -0.4 is 15.4 Å². The summed E-state index contributed by atoms with van der Waals surface area (Å²) in [4.78, 5) is 28.5. The highest BCUT2D eigenvalue weighted by molar-refractivity contribution is 7.13. The lowest BCUT2D eigenvalue weighted by atomic mass is 9.98. The standard InChI is InChI=1S/C17H21N3O3S/c1-10(21)19-11-6-7-13(23-5)12(8-11)20-15(22)14-9-18-16(24-14)17(2,3)4/h6-9H,1-5H3,(H,19,21)(H,20,22). The van der Waals surface area contributed by atoms with E-state index in [1.807, 2.05) is 20.8 Å². The van der Waals surface area contributed by atoms with Crippen LogP contribution in [0.1, 0.15) is 42.4 Å². The molecule has 0 unspecified atom stereocenters. The predicted molar refractivity (Wildman–Crippen MR) is 96.1 cm³/mol. The van der Waals surface area contributed by atoms with E-state index < -0.39 is 0 Å². The van der Waals surface area contributed by atoms with Gasteiger partial charge in [-0.3, -0.25) is 9.59 Å². The minimum absolute atomic E-state index is 0.105. The van der Waals surface area contributed by atoms with E-state index in [1.165, 1.54) is 25.4 Å². The first-order valence-electron chi connectivity index (χ1n) is 7.44. The Morgan fingerprint density at radius 3 is 2.46 bits per heavy atom. The van der Waals surface area contributed by atoms with Crippen LogP contribution in [0.15, 0.2) is 24.4 Å². The van der Waals surface area contributed by atoms with Gasteiger partial charge in [0, 0.05) is 18.0 Å². The number of anilines is 2. The van der Waals surface area contributed by atoms with Gasteiger partial charge in [0.15, 0.2) is 0 Å². The number of benzene rings is 1. The van der Waals surface area contributed by atoms with Crippen LogP contribution in [0, 0.1) is 0 Å². The summed E-state index contributed by atoms with van der Waals surface area (Å²) in [6.07, 6.45) is 1.57. The van der Waals surface area contributed by atoms with Crippen molar-refractivity contribution < 1.29 is 14.3 Å². The van der Waals surface area contributed by atoms with Crippen LogP contribution in [0.3, 0.4) is 0 Å². The number of methoxy groups -OCH3 is 1. The Labute approximate surface area is 145 Å². The monoisotopic (exact) mass is 347 g/mol. The topological polar surface area (TPSA) is 80.3 Å². The van der Waals surface area contributed by atoms with Gasteiger partial charge in [-0.05, 0) is 18.2 Å². The van der Waals surface area contributed by atoms with Gasteiger partial charge < -0.3 is 15.4 Å². The average Bonchev–Trinajstić information content (AvgIpc) is 2.97. The maximum atomic E-state index is 12.5. The van der Waals surface area contributed by atoms with Crippen LogP contribution in [-0.2, 0) is 10.2 Å². The second-order valence-electron chi connectivity index (χ2n) is 6.33. The molecule has 1 aromatic heterocycles. The summed E-state index contributed by atoms with van der Waals surface area (Å²) in [5.74, 6) is 0.0639. The van der Waals surface area contributed by atoms with Crippen molar-refractivity contribution in [2.75, 3.05) is 17.7 Å². The summed E-state index contributed by atoms with van der Waals surface area (Å²) < 4.78 is 5.26. The fourth-order valence-corrected chi connectivity index (χ4v) is 2.87. The molecule has 0 radical (unpaired) electrons. The Balaban J connectivity index is 2.24. The van der Waals surface area contributed by atoms with Crippen LogP contribution in [0.25, 0.3) is 0 Å². The van der Waals surface area contributed by atoms with Gasteiger partial charge in [0.1, 0.15) is 10.6 Å². The number of hydrogen-bond donors (Lipinski definition) is 2. The third-order valence-electron chi connectivity index (χ3n) is 3.14. The van der Waals surface area contributed by atoms with Gasteiger partial charge in [0.2, 0.25) is 5.91 Å². The van der Waals surface area contributed by atoms with Crippen molar-refractivity contribution in [2.45, 2.75) is 33.1 Å². The Hall–Kier alpha value is -2.41. The van der Waals surface area contributed by atoms with Gasteiger partial charge in [-0.15, -0.1) is 11.3 Å². The molecule has 2 amide bonds. The predicted octanol–water partition coefficient (Wildman–Crippen LogP) is 3.66. The maximum absolute atomic E-state index is 12.5. The first-order chi connectivity index (χ1) is 11.2. The number of hydrogen-bond acceptors (Lipinski definition) is 5. The number of nitrogens with zero attached hydrogens (tertiary/aromatic N) is 1. The fraction of sp³-hybridized carbons (Fsp3) is 0.353. The molecule has 0 bridgehead atoms. The van der Waals surface area contributed by atoms with E-state index in [0.717, 1.165) is 5.01 Å². The molecule has 2 N–H and O–H groups in total. The van der Waals surface area contributed by atoms with E-state index in [-0.39, 0.29) is 17.2 Å². The number of carbonyl (C=O) groups is 2. The molecule has 24 heavy (non-hydrogen) atoms. The van der Waals surface area contributed by atoms with Gasteiger partial charge in [-0.1, -0.05) is 20.8 Å². The zero-order valence-electron chi connectivity index (χ0n) is 14.4. The highest BCUT2D eigenvalue weighted by Crippen LogP contribution is 2.30. The fourth-order valence-electron chi connectivity index (χ4n) is 2.00. The first-order valence-corrected chi connectivity index (χ1v) is 8.25. The first kappa shape index (κ1) is 17.9.